The average molecular weight is 734 g/mol. The first-order valence-corrected chi connectivity index (χ1v) is 19.7. The highest BCUT2D eigenvalue weighted by Gasteiger charge is 2.47. The van der Waals surface area contributed by atoms with Crippen molar-refractivity contribution >= 4 is 23.1 Å². The molecule has 5 nitrogen and oxygen atoms in total. The summed E-state index contributed by atoms with van der Waals surface area (Å²) in [5, 5.41) is 0. The van der Waals surface area contributed by atoms with Gasteiger partial charge in [-0.1, -0.05) is 85.2 Å². The minimum atomic E-state index is -1.54. The van der Waals surface area contributed by atoms with Crippen LogP contribution in [0.15, 0.2) is 84.0 Å². The number of rotatable bonds is 4. The van der Waals surface area contributed by atoms with Crippen molar-refractivity contribution in [2.45, 2.75) is 131 Å². The number of aliphatic imine (C=N–C) groups is 1. The summed E-state index contributed by atoms with van der Waals surface area (Å²) in [6.45, 7) is 28.3. The second-order valence-corrected chi connectivity index (χ2v) is 18.9. The molecule has 3 heterocycles. The summed E-state index contributed by atoms with van der Waals surface area (Å²) in [7, 11) is 0. The van der Waals surface area contributed by atoms with Crippen LogP contribution in [-0.2, 0) is 27.4 Å². The van der Waals surface area contributed by atoms with Crippen LogP contribution >= 0.6 is 0 Å². The monoisotopic (exact) mass is 733 g/mol. The predicted molar refractivity (Wildman–Crippen MR) is 227 cm³/mol. The van der Waals surface area contributed by atoms with E-state index in [-0.39, 0.29) is 28.7 Å². The third kappa shape index (κ3) is 6.24. The van der Waals surface area contributed by atoms with Crippen LogP contribution < -0.4 is 9.64 Å². The van der Waals surface area contributed by atoms with Crippen LogP contribution in [0.5, 0.6) is 11.5 Å². The molecule has 8 rings (SSSR count). The van der Waals surface area contributed by atoms with Gasteiger partial charge in [-0.25, -0.2) is 9.98 Å². The number of pyridine rings is 1. The number of hydrogen-bond acceptors (Lipinski definition) is 5. The Labute approximate surface area is 331 Å². The largest absolute Gasteiger partial charge is 0.468 e. The van der Waals surface area contributed by atoms with E-state index in [1.54, 1.807) is 0 Å². The summed E-state index contributed by atoms with van der Waals surface area (Å²) < 4.78 is 32.1. The Bertz CT molecular complexity index is 2500. The molecule has 0 radical (unpaired) electrons. The molecule has 284 valence electrons. The van der Waals surface area contributed by atoms with Crippen LogP contribution in [-0.4, -0.2) is 16.5 Å². The van der Waals surface area contributed by atoms with E-state index in [0.717, 1.165) is 61.9 Å². The summed E-state index contributed by atoms with van der Waals surface area (Å²) in [4.78, 5) is 12.5. The lowest BCUT2D eigenvalue weighted by atomic mass is 9.72. The highest BCUT2D eigenvalue weighted by molar-refractivity contribution is 5.97. The molecule has 0 bridgehead atoms. The molecule has 0 amide bonds. The first-order chi connectivity index (χ1) is 26.5. The molecule has 5 heteroatoms. The molecule has 1 aliphatic carbocycles. The van der Waals surface area contributed by atoms with Gasteiger partial charge in [0, 0.05) is 26.0 Å². The highest BCUT2D eigenvalue weighted by atomic mass is 16.5. The molecule has 0 spiro atoms. The molecule has 0 unspecified atom stereocenters. The third-order valence-electron chi connectivity index (χ3n) is 12.2. The quantitative estimate of drug-likeness (QED) is 0.184. The molecule has 0 fully saturated rings. The molecule has 4 aromatic carbocycles. The normalized spacial score (nSPS) is 21.3. The van der Waals surface area contributed by atoms with Crippen LogP contribution in [0.2, 0.25) is 0 Å². The molecule has 2 atom stereocenters. The minimum Gasteiger partial charge on any atom is -0.468 e. The third-order valence-corrected chi connectivity index (χ3v) is 12.2. The van der Waals surface area contributed by atoms with E-state index in [4.69, 9.17) is 22.2 Å². The van der Waals surface area contributed by atoms with Crippen LogP contribution in [0, 0.1) is 27.7 Å². The summed E-state index contributed by atoms with van der Waals surface area (Å²) in [6, 6.07) is 25.7. The van der Waals surface area contributed by atoms with Crippen LogP contribution in [0.4, 0.5) is 17.2 Å². The molecule has 5 aromatic rings. The summed E-state index contributed by atoms with van der Waals surface area (Å²) >= 11 is 0. The van der Waals surface area contributed by atoms with Gasteiger partial charge in [-0.05, 0) is 151 Å². The zero-order chi connectivity index (χ0) is 41.2. The van der Waals surface area contributed by atoms with Crippen molar-refractivity contribution in [3.05, 3.63) is 140 Å². The Morgan fingerprint density at radius 3 is 2.24 bits per heavy atom. The Hall–Kier alpha value is -4.90. The second-order valence-electron chi connectivity index (χ2n) is 18.9. The molecular formula is C50H57N3O2. The maximum absolute atomic E-state index is 9.14. The Morgan fingerprint density at radius 1 is 0.782 bits per heavy atom. The predicted octanol–water partition coefficient (Wildman–Crippen LogP) is 13.0. The topological polar surface area (TPSA) is 47.0 Å². The zero-order valence-electron chi connectivity index (χ0n) is 36.9. The Balaban J connectivity index is 1.25. The molecule has 3 aliphatic rings. The van der Waals surface area contributed by atoms with Crippen molar-refractivity contribution in [3.8, 4) is 11.5 Å². The maximum atomic E-state index is 9.14. The van der Waals surface area contributed by atoms with Gasteiger partial charge in [0.25, 0.3) is 0 Å². The lowest BCUT2D eigenvalue weighted by Gasteiger charge is -2.42. The Morgan fingerprint density at radius 2 is 1.51 bits per heavy atom. The van der Waals surface area contributed by atoms with Gasteiger partial charge < -0.3 is 9.47 Å². The summed E-state index contributed by atoms with van der Waals surface area (Å²) in [5.41, 5.74) is 12.4. The van der Waals surface area contributed by atoms with Crippen LogP contribution in [0.3, 0.4) is 0 Å². The molecule has 0 saturated carbocycles. The van der Waals surface area contributed by atoms with Crippen molar-refractivity contribution in [3.63, 3.8) is 0 Å². The lowest BCUT2D eigenvalue weighted by molar-refractivity contribution is 0.0601. The maximum Gasteiger partial charge on any atom is 0.217 e. The number of benzene rings is 4. The SMILES string of the molecule is [2H]C1([2H])C[C@]2(C)OC(c3cc(Oc4cc5c(cc4C)C(C)(C)c4cc(C)ccc4N5c4cc(C(C)(C)C)ccn4)cc(C(C)(C)C)c3)=N[C@@H]2c2ccc(C)c(C)c21. The van der Waals surface area contributed by atoms with Gasteiger partial charge in [0.05, 0.1) is 11.4 Å². The number of aryl methyl sites for hydroxylation is 3. The van der Waals surface area contributed by atoms with Gasteiger partial charge in [-0.15, -0.1) is 0 Å². The van der Waals surface area contributed by atoms with Gasteiger partial charge in [0.2, 0.25) is 5.90 Å². The zero-order valence-corrected chi connectivity index (χ0v) is 34.9. The van der Waals surface area contributed by atoms with Crippen molar-refractivity contribution < 1.29 is 12.2 Å². The average Bonchev–Trinajstić information content (AvgIpc) is 3.46. The first kappa shape index (κ1) is 34.6. The second kappa shape index (κ2) is 12.6. The smallest absolute Gasteiger partial charge is 0.217 e. The van der Waals surface area contributed by atoms with Crippen molar-refractivity contribution in [1.29, 1.82) is 0 Å². The van der Waals surface area contributed by atoms with Crippen molar-refractivity contribution in [1.82, 2.24) is 4.98 Å². The Kier molecular flexibility index (Phi) is 7.90. The molecule has 0 N–H and O–H groups in total. The molecule has 1 aromatic heterocycles. The van der Waals surface area contributed by atoms with E-state index in [0.29, 0.717) is 11.6 Å². The van der Waals surface area contributed by atoms with Crippen molar-refractivity contribution in [2.24, 2.45) is 4.99 Å². The summed E-state index contributed by atoms with van der Waals surface area (Å²) in [6.07, 6.45) is 0.598. The number of ether oxygens (including phenoxy) is 2. The van der Waals surface area contributed by atoms with Gasteiger partial charge in [-0.3, -0.25) is 4.90 Å². The molecule has 0 saturated heterocycles. The standard InChI is InChI=1S/C50H57N3O2/c1-29-14-17-41-39(22-29)49(11,12)40-23-31(3)43(28-42(40)53(41)44-27-34(19-21-51-44)47(5,6)7)54-36-25-33(24-35(26-36)48(8,9)10)46-52-45-38-16-15-30(2)32(4)37(38)18-20-50(45,13)55-46/h14-17,19,21-28,45H,18,20H2,1-13H3/t45-,50+/m1/s1/i18D2. The molecule has 2 aliphatic heterocycles. The fourth-order valence-electron chi connectivity index (χ4n) is 8.47. The fraction of sp³-hybridized carbons (Fsp3) is 0.400. The van der Waals surface area contributed by atoms with Gasteiger partial charge in [0.15, 0.2) is 0 Å². The highest BCUT2D eigenvalue weighted by Crippen LogP contribution is 2.54. The van der Waals surface area contributed by atoms with Gasteiger partial charge >= 0.3 is 0 Å². The van der Waals surface area contributed by atoms with Crippen LogP contribution in [0.1, 0.15) is 139 Å². The molecular weight excluding hydrogens is 675 g/mol. The van der Waals surface area contributed by atoms with E-state index >= 15 is 0 Å². The number of hydrogen-bond donors (Lipinski definition) is 0. The number of aromatic nitrogens is 1. The van der Waals surface area contributed by atoms with Crippen molar-refractivity contribution in [2.75, 3.05) is 4.90 Å². The van der Waals surface area contributed by atoms with E-state index in [9.17, 15) is 0 Å². The van der Waals surface area contributed by atoms with E-state index < -0.39 is 12.0 Å². The van der Waals surface area contributed by atoms with Crippen LogP contribution in [0.25, 0.3) is 0 Å². The van der Waals surface area contributed by atoms with Gasteiger partial charge in [0.1, 0.15) is 29.0 Å². The van der Waals surface area contributed by atoms with E-state index in [2.05, 4.69) is 135 Å². The van der Waals surface area contributed by atoms with E-state index in [1.165, 1.54) is 22.3 Å². The molecule has 55 heavy (non-hydrogen) atoms. The fourth-order valence-corrected chi connectivity index (χ4v) is 8.47. The van der Waals surface area contributed by atoms with E-state index in [1.807, 2.05) is 39.1 Å². The van der Waals surface area contributed by atoms with Gasteiger partial charge in [-0.2, -0.15) is 0 Å². The summed E-state index contributed by atoms with van der Waals surface area (Å²) in [5.74, 6) is 2.85. The first-order valence-electron chi connectivity index (χ1n) is 20.7. The number of fused-ring (bicyclic) bond motifs is 5. The number of anilines is 3. The lowest BCUT2D eigenvalue weighted by Crippen LogP contribution is -2.36. The number of nitrogens with zero attached hydrogens (tertiary/aromatic N) is 3. The minimum absolute atomic E-state index is 0.0432.